The zero-order chi connectivity index (χ0) is 25.6. The third-order valence-electron chi connectivity index (χ3n) is 5.05. The van der Waals surface area contributed by atoms with Gasteiger partial charge in [-0.05, 0) is 0 Å². The number of nitrogens with zero attached hydrogens (tertiary/aromatic N) is 1. The third-order valence-corrected chi connectivity index (χ3v) is 8.14. The van der Waals surface area contributed by atoms with Crippen molar-refractivity contribution in [3.05, 3.63) is 71.4 Å². The van der Waals surface area contributed by atoms with Gasteiger partial charge in [0.25, 0.3) is 0 Å². The number of benzene rings is 2. The molecule has 3 aromatic rings. The molecule has 0 aliphatic rings. The Balaban J connectivity index is 2.37. The monoisotopic (exact) mass is 452 g/mol. The van der Waals surface area contributed by atoms with Gasteiger partial charge in [0, 0.05) is 0 Å². The predicted molar refractivity (Wildman–Crippen MR) is 128 cm³/mol. The Kier molecular flexibility index (Phi) is 4.65. The summed E-state index contributed by atoms with van der Waals surface area (Å²) in [4.78, 5) is 0. The molecule has 0 atom stereocenters. The SMILES string of the molecule is [2H]C([2H])([2H])c1cc(C)c(-c2cc(C([2H])([2H])C(C)(C)C)[c]([Ge]([CH3])[CH3])c[n+]2C)cc1-c1ccccc1. The van der Waals surface area contributed by atoms with Gasteiger partial charge in [0.15, 0.2) is 0 Å². The molecule has 2 aromatic carbocycles. The van der Waals surface area contributed by atoms with Crippen molar-refractivity contribution in [2.45, 2.75) is 52.4 Å². The fourth-order valence-electron chi connectivity index (χ4n) is 3.66. The summed E-state index contributed by atoms with van der Waals surface area (Å²) in [5.41, 5.74) is 4.73. The molecule has 0 aliphatic heterocycles. The van der Waals surface area contributed by atoms with E-state index in [1.165, 1.54) is 0 Å². The Morgan fingerprint density at radius 1 is 1.00 bits per heavy atom. The molecule has 1 aromatic heterocycles. The molecule has 0 saturated heterocycles. The van der Waals surface area contributed by atoms with Crippen molar-refractivity contribution in [1.29, 1.82) is 0 Å². The van der Waals surface area contributed by atoms with Crippen LogP contribution in [-0.2, 0) is 13.4 Å². The first-order valence-corrected chi connectivity index (χ1v) is 15.4. The van der Waals surface area contributed by atoms with Gasteiger partial charge in [-0.1, -0.05) is 0 Å². The Labute approximate surface area is 188 Å². The van der Waals surface area contributed by atoms with Gasteiger partial charge in [-0.2, -0.15) is 0 Å². The summed E-state index contributed by atoms with van der Waals surface area (Å²) in [6.45, 7) is 5.53. The number of pyridine rings is 1. The van der Waals surface area contributed by atoms with Crippen molar-refractivity contribution in [1.82, 2.24) is 0 Å². The van der Waals surface area contributed by atoms with Crippen molar-refractivity contribution >= 4 is 18.7 Å². The van der Waals surface area contributed by atoms with E-state index in [9.17, 15) is 0 Å². The summed E-state index contributed by atoms with van der Waals surface area (Å²) in [5.74, 6) is 4.50. The number of hydrogen-bond acceptors (Lipinski definition) is 0. The van der Waals surface area contributed by atoms with E-state index in [4.69, 9.17) is 6.85 Å². The molecule has 1 heterocycles. The quantitative estimate of drug-likeness (QED) is 0.338. The molecule has 0 fully saturated rings. The van der Waals surface area contributed by atoms with Crippen LogP contribution >= 0.6 is 0 Å². The molecular formula is C27H35GeN+. The first kappa shape index (κ1) is 15.9. The van der Waals surface area contributed by atoms with E-state index in [1.807, 2.05) is 77.2 Å². The predicted octanol–water partition coefficient (Wildman–Crippen LogP) is 6.01. The van der Waals surface area contributed by atoms with Crippen LogP contribution < -0.4 is 8.96 Å². The molecule has 2 heteroatoms. The summed E-state index contributed by atoms with van der Waals surface area (Å²) >= 11 is -1.62. The average Bonchev–Trinajstić information content (AvgIpc) is 2.72. The molecule has 0 aliphatic carbocycles. The first-order valence-electron chi connectivity index (χ1n) is 12.6. The molecule has 0 spiro atoms. The summed E-state index contributed by atoms with van der Waals surface area (Å²) < 4.78 is 45.7. The van der Waals surface area contributed by atoms with E-state index in [2.05, 4.69) is 22.3 Å². The van der Waals surface area contributed by atoms with Crippen molar-refractivity contribution < 1.29 is 11.4 Å². The number of aryl methyl sites for hydroxylation is 3. The second-order valence-electron chi connectivity index (χ2n) is 9.05. The van der Waals surface area contributed by atoms with Crippen LogP contribution in [0, 0.1) is 19.2 Å². The van der Waals surface area contributed by atoms with Gasteiger partial charge >= 0.3 is 189 Å². The number of hydrogen-bond donors (Lipinski definition) is 0. The van der Waals surface area contributed by atoms with E-state index in [1.54, 1.807) is 6.07 Å². The normalized spacial score (nSPS) is 15.4. The van der Waals surface area contributed by atoms with Crippen LogP contribution in [0.15, 0.2) is 54.7 Å². The number of rotatable bonds is 4. The molecule has 151 valence electrons. The maximum atomic E-state index is 9.04. The van der Waals surface area contributed by atoms with Gasteiger partial charge in [-0.3, -0.25) is 0 Å². The van der Waals surface area contributed by atoms with Crippen LogP contribution in [0.5, 0.6) is 0 Å². The van der Waals surface area contributed by atoms with Gasteiger partial charge in [0.1, 0.15) is 0 Å². The third kappa shape index (κ3) is 5.01. The molecular weight excluding hydrogens is 411 g/mol. The van der Waals surface area contributed by atoms with Crippen LogP contribution in [0.3, 0.4) is 0 Å². The van der Waals surface area contributed by atoms with Crippen molar-refractivity contribution in [3.8, 4) is 22.4 Å². The molecule has 29 heavy (non-hydrogen) atoms. The van der Waals surface area contributed by atoms with Crippen LogP contribution in [0.25, 0.3) is 22.4 Å². The van der Waals surface area contributed by atoms with Crippen LogP contribution in [0.4, 0.5) is 0 Å². The minimum absolute atomic E-state index is 0.334. The standard InChI is InChI=1S/C27H35GeN/c1-19-14-20(2)24(16-23(19)21-12-10-9-11-13-21)26-15-22(17-27(3,4)5)25(28(6)7)18-29(26)8/h9-16,18H,17H2,1-8H3/q+1/i1D3,17D2. The second kappa shape index (κ2) is 8.48. The summed E-state index contributed by atoms with van der Waals surface area (Å²) in [6, 6.07) is 15.4. The zero-order valence-electron chi connectivity index (χ0n) is 23.6. The first-order chi connectivity index (χ1) is 15.6. The Morgan fingerprint density at radius 3 is 2.28 bits per heavy atom. The average molecular weight is 451 g/mol. The Bertz CT molecular complexity index is 1190. The van der Waals surface area contributed by atoms with E-state index in [0.717, 1.165) is 32.3 Å². The zero-order valence-corrected chi connectivity index (χ0v) is 20.7. The molecule has 1 nitrogen and oxygen atoms in total. The molecule has 3 rings (SSSR count). The van der Waals surface area contributed by atoms with Crippen LogP contribution in [0.1, 0.15) is 44.3 Å². The second-order valence-corrected chi connectivity index (χ2v) is 14.4. The molecule has 1 radical (unpaired) electrons. The fourth-order valence-corrected chi connectivity index (χ4v) is 6.02. The Morgan fingerprint density at radius 2 is 1.69 bits per heavy atom. The van der Waals surface area contributed by atoms with E-state index in [0.29, 0.717) is 11.1 Å². The van der Waals surface area contributed by atoms with Crippen molar-refractivity contribution in [2.24, 2.45) is 12.5 Å². The van der Waals surface area contributed by atoms with Gasteiger partial charge in [-0.25, -0.2) is 0 Å². The van der Waals surface area contributed by atoms with Crippen LogP contribution in [0.2, 0.25) is 11.5 Å². The van der Waals surface area contributed by atoms with Crippen molar-refractivity contribution in [3.63, 3.8) is 0 Å². The fraction of sp³-hybridized carbons (Fsp3) is 0.370. The van der Waals surface area contributed by atoms with Gasteiger partial charge in [0.2, 0.25) is 0 Å². The molecule has 0 unspecified atom stereocenters. The van der Waals surface area contributed by atoms with Gasteiger partial charge in [0.05, 0.1) is 0 Å². The maximum absolute atomic E-state index is 9.04. The topological polar surface area (TPSA) is 3.88 Å². The Hall–Kier alpha value is -1.87. The van der Waals surface area contributed by atoms with Crippen LogP contribution in [-0.4, -0.2) is 14.3 Å². The van der Waals surface area contributed by atoms with Gasteiger partial charge in [-0.15, -0.1) is 0 Å². The van der Waals surface area contributed by atoms with Gasteiger partial charge < -0.3 is 0 Å². The summed E-state index contributed by atoms with van der Waals surface area (Å²) in [5, 5.41) is 0. The van der Waals surface area contributed by atoms with E-state index < -0.39 is 33.0 Å². The molecule has 0 N–H and O–H groups in total. The molecule has 0 saturated carbocycles. The molecule has 0 bridgehead atoms. The number of aromatic nitrogens is 1. The molecule has 0 amide bonds. The minimum atomic E-state index is -2.24. The van der Waals surface area contributed by atoms with E-state index in [-0.39, 0.29) is 0 Å². The summed E-state index contributed by atoms with van der Waals surface area (Å²) in [7, 11) is 2.00. The van der Waals surface area contributed by atoms with Crippen molar-refractivity contribution in [2.75, 3.05) is 0 Å². The van der Waals surface area contributed by atoms with E-state index >= 15 is 0 Å². The summed E-state index contributed by atoms with van der Waals surface area (Å²) in [6.07, 6.45) is 0.591.